The van der Waals surface area contributed by atoms with Crippen LogP contribution in [0, 0.1) is 6.92 Å². The van der Waals surface area contributed by atoms with Gasteiger partial charge in [0.05, 0.1) is 0 Å². The van der Waals surface area contributed by atoms with E-state index in [1.54, 1.807) is 20.8 Å². The molecule has 0 aromatic heterocycles. The molecule has 1 aromatic rings. The minimum absolute atomic E-state index is 0.0925. The monoisotopic (exact) mass is 307 g/mol. The van der Waals surface area contributed by atoms with Crippen molar-refractivity contribution in [2.75, 3.05) is 0 Å². The van der Waals surface area contributed by atoms with Gasteiger partial charge in [-0.15, -0.1) is 0 Å². The molecular weight excluding hydrogens is 282 g/mol. The van der Waals surface area contributed by atoms with Gasteiger partial charge in [0.15, 0.2) is 0 Å². The molecule has 1 amide bonds. The number of benzene rings is 1. The summed E-state index contributed by atoms with van der Waals surface area (Å²) >= 11 is 0. The first-order valence-corrected chi connectivity index (χ1v) is 7.65. The van der Waals surface area contributed by atoms with E-state index in [4.69, 9.17) is 14.3 Å². The number of amides is 1. The second-order valence-corrected chi connectivity index (χ2v) is 6.73. The Morgan fingerprint density at radius 2 is 2.14 bits per heavy atom. The fourth-order valence-electron chi connectivity index (χ4n) is 2.38. The van der Waals surface area contributed by atoms with Gasteiger partial charge in [0.25, 0.3) is 0 Å². The standard InChI is InChI=1S/C17H25NO4/c1-11-6-8-15-13(10-11)7-9-14(20-15)12(2)22-18-16(19)21-17(3,4)5/h6,8,10,12,14H,7,9H2,1-5H3,(H,18,19). The number of rotatable bonds is 3. The molecule has 0 bridgehead atoms. The van der Waals surface area contributed by atoms with Gasteiger partial charge in [-0.2, -0.15) is 5.48 Å². The number of ether oxygens (including phenoxy) is 2. The van der Waals surface area contributed by atoms with Gasteiger partial charge in [0, 0.05) is 0 Å². The van der Waals surface area contributed by atoms with Crippen LogP contribution in [0.25, 0.3) is 0 Å². The van der Waals surface area contributed by atoms with E-state index in [1.165, 1.54) is 11.1 Å². The molecule has 1 N–H and O–H groups in total. The topological polar surface area (TPSA) is 56.8 Å². The number of hydroxylamine groups is 1. The predicted molar refractivity (Wildman–Crippen MR) is 83.8 cm³/mol. The third-order valence-corrected chi connectivity index (χ3v) is 3.44. The van der Waals surface area contributed by atoms with Crippen molar-refractivity contribution in [2.24, 2.45) is 0 Å². The number of aryl methyl sites for hydroxylation is 2. The molecule has 0 saturated carbocycles. The maximum Gasteiger partial charge on any atom is 0.431 e. The number of hydrogen-bond donors (Lipinski definition) is 1. The molecule has 22 heavy (non-hydrogen) atoms. The Morgan fingerprint density at radius 3 is 2.82 bits per heavy atom. The molecule has 122 valence electrons. The number of nitrogens with one attached hydrogen (secondary N) is 1. The normalized spacial score (nSPS) is 18.9. The van der Waals surface area contributed by atoms with Crippen LogP contribution in [0.3, 0.4) is 0 Å². The molecule has 0 saturated heterocycles. The molecule has 5 nitrogen and oxygen atoms in total. The van der Waals surface area contributed by atoms with Gasteiger partial charge in [-0.25, -0.2) is 4.79 Å². The van der Waals surface area contributed by atoms with Crippen molar-refractivity contribution in [1.29, 1.82) is 0 Å². The SMILES string of the molecule is Cc1ccc2c(c1)CCC(C(C)ONC(=O)OC(C)(C)C)O2. The Kier molecular flexibility index (Phi) is 4.96. The van der Waals surface area contributed by atoms with E-state index in [1.807, 2.05) is 19.1 Å². The lowest BCUT2D eigenvalue weighted by molar-refractivity contribution is -0.0775. The lowest BCUT2D eigenvalue weighted by Crippen LogP contribution is -2.41. The maximum atomic E-state index is 11.6. The van der Waals surface area contributed by atoms with Crippen molar-refractivity contribution in [1.82, 2.24) is 5.48 Å². The molecule has 1 heterocycles. The Balaban J connectivity index is 1.85. The van der Waals surface area contributed by atoms with Crippen molar-refractivity contribution in [3.05, 3.63) is 29.3 Å². The molecule has 0 radical (unpaired) electrons. The average molecular weight is 307 g/mol. The van der Waals surface area contributed by atoms with Crippen molar-refractivity contribution in [2.45, 2.75) is 65.3 Å². The Hall–Kier alpha value is -1.75. The summed E-state index contributed by atoms with van der Waals surface area (Å²) in [5.74, 6) is 0.898. The number of carbonyl (C=O) groups excluding carboxylic acids is 1. The van der Waals surface area contributed by atoms with E-state index in [0.717, 1.165) is 18.6 Å². The van der Waals surface area contributed by atoms with Gasteiger partial charge in [-0.05, 0) is 59.1 Å². The lowest BCUT2D eigenvalue weighted by Gasteiger charge is -2.30. The molecule has 1 aromatic carbocycles. The van der Waals surface area contributed by atoms with Gasteiger partial charge in [-0.1, -0.05) is 17.7 Å². The first kappa shape index (κ1) is 16.6. The Labute approximate surface area is 131 Å². The van der Waals surface area contributed by atoms with Crippen LogP contribution in [0.4, 0.5) is 4.79 Å². The van der Waals surface area contributed by atoms with Crippen molar-refractivity contribution in [3.8, 4) is 5.75 Å². The van der Waals surface area contributed by atoms with Gasteiger partial charge < -0.3 is 9.47 Å². The van der Waals surface area contributed by atoms with Crippen molar-refractivity contribution < 1.29 is 19.1 Å². The second-order valence-electron chi connectivity index (χ2n) is 6.73. The second kappa shape index (κ2) is 6.57. The van der Waals surface area contributed by atoms with Crippen LogP contribution in [0.15, 0.2) is 18.2 Å². The summed E-state index contributed by atoms with van der Waals surface area (Å²) in [6.45, 7) is 9.36. The van der Waals surface area contributed by atoms with Crippen LogP contribution in [0.5, 0.6) is 5.75 Å². The third kappa shape index (κ3) is 4.63. The van der Waals surface area contributed by atoms with E-state index in [0.29, 0.717) is 0 Å². The first-order chi connectivity index (χ1) is 10.2. The zero-order valence-electron chi connectivity index (χ0n) is 13.9. The molecular formula is C17H25NO4. The highest BCUT2D eigenvalue weighted by Crippen LogP contribution is 2.29. The van der Waals surface area contributed by atoms with E-state index in [-0.39, 0.29) is 12.2 Å². The largest absolute Gasteiger partial charge is 0.487 e. The number of hydrogen-bond acceptors (Lipinski definition) is 4. The van der Waals surface area contributed by atoms with E-state index >= 15 is 0 Å². The smallest absolute Gasteiger partial charge is 0.431 e. The molecule has 2 unspecified atom stereocenters. The summed E-state index contributed by atoms with van der Waals surface area (Å²) < 4.78 is 11.1. The minimum Gasteiger partial charge on any atom is -0.487 e. The highest BCUT2D eigenvalue weighted by molar-refractivity contribution is 5.66. The van der Waals surface area contributed by atoms with Crippen LogP contribution < -0.4 is 10.2 Å². The van der Waals surface area contributed by atoms with Gasteiger partial charge in [0.2, 0.25) is 0 Å². The molecule has 0 spiro atoms. The maximum absolute atomic E-state index is 11.6. The fraction of sp³-hybridized carbons (Fsp3) is 0.588. The van der Waals surface area contributed by atoms with Gasteiger partial charge in [-0.3, -0.25) is 4.84 Å². The fourth-order valence-corrected chi connectivity index (χ4v) is 2.38. The quantitative estimate of drug-likeness (QED) is 0.868. The first-order valence-electron chi connectivity index (χ1n) is 7.65. The molecule has 0 aliphatic carbocycles. The predicted octanol–water partition coefficient (Wildman–Crippen LogP) is 3.53. The summed E-state index contributed by atoms with van der Waals surface area (Å²) in [6.07, 6.45) is 0.855. The summed E-state index contributed by atoms with van der Waals surface area (Å²) in [7, 11) is 0. The summed E-state index contributed by atoms with van der Waals surface area (Å²) in [5, 5.41) is 0. The van der Waals surface area contributed by atoms with Crippen LogP contribution in [-0.2, 0) is 16.0 Å². The average Bonchev–Trinajstić information content (AvgIpc) is 2.42. The number of carbonyl (C=O) groups is 1. The van der Waals surface area contributed by atoms with E-state index < -0.39 is 11.7 Å². The molecule has 1 aliphatic heterocycles. The zero-order chi connectivity index (χ0) is 16.3. The third-order valence-electron chi connectivity index (χ3n) is 3.44. The van der Waals surface area contributed by atoms with Crippen LogP contribution in [0.1, 0.15) is 45.2 Å². The van der Waals surface area contributed by atoms with E-state index in [9.17, 15) is 4.79 Å². The molecule has 0 fully saturated rings. The highest BCUT2D eigenvalue weighted by atomic mass is 16.7. The Bertz CT molecular complexity index is 536. The molecule has 1 aliphatic rings. The van der Waals surface area contributed by atoms with E-state index in [2.05, 4.69) is 18.5 Å². The van der Waals surface area contributed by atoms with Gasteiger partial charge >= 0.3 is 6.09 Å². The van der Waals surface area contributed by atoms with Crippen LogP contribution in [0.2, 0.25) is 0 Å². The Morgan fingerprint density at radius 1 is 1.41 bits per heavy atom. The van der Waals surface area contributed by atoms with Crippen molar-refractivity contribution >= 4 is 6.09 Å². The van der Waals surface area contributed by atoms with Crippen molar-refractivity contribution in [3.63, 3.8) is 0 Å². The molecule has 2 atom stereocenters. The van der Waals surface area contributed by atoms with Crippen LogP contribution in [-0.4, -0.2) is 23.9 Å². The zero-order valence-corrected chi connectivity index (χ0v) is 13.9. The van der Waals surface area contributed by atoms with Crippen LogP contribution >= 0.6 is 0 Å². The molecule has 2 rings (SSSR count). The summed E-state index contributed by atoms with van der Waals surface area (Å²) in [4.78, 5) is 17.0. The molecule has 5 heteroatoms. The summed E-state index contributed by atoms with van der Waals surface area (Å²) in [5.41, 5.74) is 4.24. The highest BCUT2D eigenvalue weighted by Gasteiger charge is 2.27. The van der Waals surface area contributed by atoms with Gasteiger partial charge in [0.1, 0.15) is 23.6 Å². The summed E-state index contributed by atoms with van der Waals surface area (Å²) in [6, 6.07) is 6.17. The lowest BCUT2D eigenvalue weighted by atomic mass is 9.98. The number of fused-ring (bicyclic) bond motifs is 1. The minimum atomic E-state index is -0.591.